The van der Waals surface area contributed by atoms with E-state index in [1.165, 1.54) is 66.7 Å². The van der Waals surface area contributed by atoms with Gasteiger partial charge < -0.3 is 30.8 Å². The predicted molar refractivity (Wildman–Crippen MR) is 128 cm³/mol. The molecule has 0 bridgehead atoms. The first-order chi connectivity index (χ1) is 17.1. The van der Waals surface area contributed by atoms with Crippen LogP contribution in [0.15, 0.2) is 66.7 Å². The Morgan fingerprint density at radius 3 is 2.08 bits per heavy atom. The summed E-state index contributed by atoms with van der Waals surface area (Å²) in [5, 5.41) is 50.5. The lowest BCUT2D eigenvalue weighted by atomic mass is 10.0. The third-order valence-corrected chi connectivity index (χ3v) is 4.99. The number of carbonyl (C=O) groups excluding carboxylic acids is 3. The van der Waals surface area contributed by atoms with Gasteiger partial charge in [0.05, 0.1) is 5.56 Å². The Balaban J connectivity index is 1.73. The summed E-state index contributed by atoms with van der Waals surface area (Å²) in [5.74, 6) is -4.07. The Morgan fingerprint density at radius 2 is 1.42 bits per heavy atom. The number of amides is 3. The van der Waals surface area contributed by atoms with Gasteiger partial charge >= 0.3 is 0 Å². The molecule has 0 saturated carbocycles. The van der Waals surface area contributed by atoms with Crippen LogP contribution in [0, 0.1) is 0 Å². The van der Waals surface area contributed by atoms with Gasteiger partial charge in [-0.15, -0.1) is 0 Å². The smallest absolute Gasteiger partial charge is 0.273 e. The lowest BCUT2D eigenvalue weighted by Gasteiger charge is -2.18. The monoisotopic (exact) mass is 493 g/mol. The zero-order valence-electron chi connectivity index (χ0n) is 18.7. The first kappa shape index (κ1) is 25.4. The van der Waals surface area contributed by atoms with E-state index in [9.17, 15) is 39.9 Å². The summed E-state index contributed by atoms with van der Waals surface area (Å²) in [4.78, 5) is 37.6. The topological polar surface area (TPSA) is 188 Å². The molecule has 0 radical (unpaired) electrons. The average Bonchev–Trinajstić information content (AvgIpc) is 2.85. The summed E-state index contributed by atoms with van der Waals surface area (Å²) in [6, 6.07) is 12.3. The van der Waals surface area contributed by atoms with E-state index in [-0.39, 0.29) is 35.0 Å². The Bertz CT molecular complexity index is 1320. The number of hydrazine groups is 1. The quantitative estimate of drug-likeness (QED) is 0.138. The van der Waals surface area contributed by atoms with E-state index < -0.39 is 29.5 Å². The molecule has 11 heteroatoms. The summed E-state index contributed by atoms with van der Waals surface area (Å²) >= 11 is 0. The summed E-state index contributed by atoms with van der Waals surface area (Å²) in [7, 11) is 0. The molecule has 0 aliphatic rings. The van der Waals surface area contributed by atoms with Crippen LogP contribution >= 0.6 is 0 Å². The molecule has 3 aromatic carbocycles. The third-order valence-electron chi connectivity index (χ3n) is 4.99. The fourth-order valence-corrected chi connectivity index (χ4v) is 3.12. The molecule has 1 atom stereocenters. The minimum atomic E-state index is -1.23. The highest BCUT2D eigenvalue weighted by Crippen LogP contribution is 2.26. The van der Waals surface area contributed by atoms with Crippen molar-refractivity contribution in [3.63, 3.8) is 0 Å². The number of phenolic OH excluding ortho intramolecular Hbond substituents is 5. The highest BCUT2D eigenvalue weighted by atomic mass is 16.3. The summed E-state index contributed by atoms with van der Waals surface area (Å²) in [5.41, 5.74) is 5.06. The molecule has 3 amide bonds. The maximum atomic E-state index is 12.8. The largest absolute Gasteiger partial charge is 0.507 e. The standard InChI is InChI=1S/C25H23N3O8/c29-18-4-2-1-3-16(18)24(35)27-28-25(36)17(11-15-6-9-20(31)22(33)13-15)26-23(34)10-7-14-5-8-19(30)21(32)12-14/h1-10,12-13,17,29-33H,11H2,(H,26,34)(H,27,35)(H,28,36)/b10-7+/t17-/m0/s1. The maximum Gasteiger partial charge on any atom is 0.273 e. The Kier molecular flexibility index (Phi) is 7.98. The molecule has 0 aromatic heterocycles. The summed E-state index contributed by atoms with van der Waals surface area (Å²) in [6.07, 6.45) is 2.32. The van der Waals surface area contributed by atoms with E-state index in [0.29, 0.717) is 11.1 Å². The van der Waals surface area contributed by atoms with Gasteiger partial charge in [-0.3, -0.25) is 25.2 Å². The van der Waals surface area contributed by atoms with Crippen LogP contribution < -0.4 is 16.2 Å². The fraction of sp³-hybridized carbons (Fsp3) is 0.0800. The Labute approximate surface area is 204 Å². The van der Waals surface area contributed by atoms with Crippen LogP contribution in [0.1, 0.15) is 21.5 Å². The zero-order chi connectivity index (χ0) is 26.2. The third kappa shape index (κ3) is 6.67. The van der Waals surface area contributed by atoms with Crippen LogP contribution in [0.5, 0.6) is 28.7 Å². The maximum absolute atomic E-state index is 12.8. The van der Waals surface area contributed by atoms with Gasteiger partial charge in [0.15, 0.2) is 23.0 Å². The van der Waals surface area contributed by atoms with Gasteiger partial charge in [-0.1, -0.05) is 24.3 Å². The van der Waals surface area contributed by atoms with Crippen molar-refractivity contribution in [3.8, 4) is 28.7 Å². The van der Waals surface area contributed by atoms with Crippen molar-refractivity contribution < 1.29 is 39.9 Å². The first-order valence-electron chi connectivity index (χ1n) is 10.5. The Morgan fingerprint density at radius 1 is 0.750 bits per heavy atom. The molecular weight excluding hydrogens is 470 g/mol. The average molecular weight is 493 g/mol. The second kappa shape index (κ2) is 11.3. The van der Waals surface area contributed by atoms with E-state index in [2.05, 4.69) is 16.2 Å². The number of aromatic hydroxyl groups is 5. The molecule has 11 nitrogen and oxygen atoms in total. The van der Waals surface area contributed by atoms with Gasteiger partial charge in [-0.05, 0) is 53.6 Å². The molecule has 0 aliphatic heterocycles. The number of hydrogen-bond acceptors (Lipinski definition) is 8. The number of nitrogens with one attached hydrogen (secondary N) is 3. The Hall–Kier alpha value is -5.19. The number of benzene rings is 3. The first-order valence-corrected chi connectivity index (χ1v) is 10.5. The molecule has 0 fully saturated rings. The molecule has 3 rings (SSSR count). The number of hydrogen-bond donors (Lipinski definition) is 8. The minimum absolute atomic E-state index is 0.0815. The van der Waals surface area contributed by atoms with E-state index in [1.807, 2.05) is 0 Å². The van der Waals surface area contributed by atoms with Gasteiger partial charge in [-0.2, -0.15) is 0 Å². The SMILES string of the molecule is O=C(/C=C/c1ccc(O)c(O)c1)N[C@@H](Cc1ccc(O)c(O)c1)C(=O)NNC(=O)c1ccccc1O. The summed E-state index contributed by atoms with van der Waals surface area (Å²) in [6.45, 7) is 0. The second-order valence-corrected chi connectivity index (χ2v) is 7.63. The van der Waals surface area contributed by atoms with Crippen molar-refractivity contribution in [2.24, 2.45) is 0 Å². The van der Waals surface area contributed by atoms with Crippen molar-refractivity contribution in [3.05, 3.63) is 83.4 Å². The van der Waals surface area contributed by atoms with Crippen molar-refractivity contribution in [2.45, 2.75) is 12.5 Å². The summed E-state index contributed by atoms with van der Waals surface area (Å²) < 4.78 is 0. The van der Waals surface area contributed by atoms with E-state index in [0.717, 1.165) is 6.08 Å². The van der Waals surface area contributed by atoms with Crippen molar-refractivity contribution in [1.29, 1.82) is 0 Å². The lowest BCUT2D eigenvalue weighted by molar-refractivity contribution is -0.127. The fourth-order valence-electron chi connectivity index (χ4n) is 3.12. The highest BCUT2D eigenvalue weighted by molar-refractivity contribution is 5.99. The van der Waals surface area contributed by atoms with Gasteiger partial charge in [0.25, 0.3) is 11.8 Å². The number of phenols is 5. The van der Waals surface area contributed by atoms with Gasteiger partial charge in [0.2, 0.25) is 5.91 Å². The molecule has 0 spiro atoms. The molecule has 0 saturated heterocycles. The van der Waals surface area contributed by atoms with Gasteiger partial charge in [0, 0.05) is 12.5 Å². The molecule has 8 N–H and O–H groups in total. The van der Waals surface area contributed by atoms with Crippen LogP contribution in [0.4, 0.5) is 0 Å². The van der Waals surface area contributed by atoms with E-state index in [1.54, 1.807) is 0 Å². The molecule has 0 heterocycles. The molecule has 0 unspecified atom stereocenters. The molecule has 3 aromatic rings. The van der Waals surface area contributed by atoms with Gasteiger partial charge in [0.1, 0.15) is 11.8 Å². The number of carbonyl (C=O) groups is 3. The number of rotatable bonds is 7. The molecule has 36 heavy (non-hydrogen) atoms. The zero-order valence-corrected chi connectivity index (χ0v) is 18.7. The van der Waals surface area contributed by atoms with Crippen LogP contribution in [0.25, 0.3) is 6.08 Å². The number of para-hydroxylation sites is 1. The van der Waals surface area contributed by atoms with E-state index in [4.69, 9.17) is 0 Å². The molecule has 0 aliphatic carbocycles. The molecular formula is C25H23N3O8. The van der Waals surface area contributed by atoms with Crippen LogP contribution in [-0.4, -0.2) is 49.3 Å². The lowest BCUT2D eigenvalue weighted by Crippen LogP contribution is -2.53. The minimum Gasteiger partial charge on any atom is -0.507 e. The predicted octanol–water partition coefficient (Wildman–Crippen LogP) is 1.42. The van der Waals surface area contributed by atoms with Crippen molar-refractivity contribution >= 4 is 23.8 Å². The van der Waals surface area contributed by atoms with Crippen molar-refractivity contribution in [2.75, 3.05) is 0 Å². The van der Waals surface area contributed by atoms with Gasteiger partial charge in [-0.25, -0.2) is 0 Å². The second-order valence-electron chi connectivity index (χ2n) is 7.63. The normalized spacial score (nSPS) is 11.6. The highest BCUT2D eigenvalue weighted by Gasteiger charge is 2.22. The van der Waals surface area contributed by atoms with E-state index >= 15 is 0 Å². The van der Waals surface area contributed by atoms with Crippen LogP contribution in [0.2, 0.25) is 0 Å². The van der Waals surface area contributed by atoms with Crippen LogP contribution in [-0.2, 0) is 16.0 Å². The molecule has 186 valence electrons. The van der Waals surface area contributed by atoms with Crippen LogP contribution in [0.3, 0.4) is 0 Å². The van der Waals surface area contributed by atoms with Crippen molar-refractivity contribution in [1.82, 2.24) is 16.2 Å².